The summed E-state index contributed by atoms with van der Waals surface area (Å²) in [6, 6.07) is 70.8. The topological polar surface area (TPSA) is 6.48 Å². The maximum Gasteiger partial charge on any atom is 0.0788 e. The van der Waals surface area contributed by atoms with Crippen molar-refractivity contribution in [2.24, 2.45) is 0 Å². The maximum absolute atomic E-state index is 7.59. The molecule has 0 aromatic heterocycles. The minimum Gasteiger partial charge on any atom is -0.310 e. The summed E-state index contributed by atoms with van der Waals surface area (Å²) in [6.07, 6.45) is 0. The quantitative estimate of drug-likeness (QED) is 0.140. The van der Waals surface area contributed by atoms with E-state index < -0.39 is 0 Å². The smallest absolute Gasteiger partial charge is 0.0788 e. The normalized spacial score (nSPS) is 12.1. The molecule has 0 spiro atoms. The highest BCUT2D eigenvalue weighted by molar-refractivity contribution is 9.10. The van der Waals surface area contributed by atoms with Crippen LogP contribution in [-0.4, -0.2) is 0 Å². The minimum absolute atomic E-state index is 0.100. The van der Waals surface area contributed by atoms with E-state index in [9.17, 15) is 0 Å². The van der Waals surface area contributed by atoms with Crippen molar-refractivity contribution in [2.45, 2.75) is 52.4 Å². The largest absolute Gasteiger partial charge is 0.310 e. The Labute approximate surface area is 390 Å². The molecule has 0 aliphatic rings. The van der Waals surface area contributed by atoms with Gasteiger partial charge in [0.05, 0.1) is 22.1 Å². The van der Waals surface area contributed by atoms with Crippen LogP contribution in [-0.2, 0) is 10.8 Å². The lowest BCUT2D eigenvalue weighted by molar-refractivity contribution is 0.589. The molecule has 0 aliphatic heterocycles. The minimum atomic E-state index is -0.147. The standard InChI is InChI=1S/C60H50BrClN2/c1-59(2,3)43-31-34-54(51(35-43)49-32-29-42-28-27-40-19-15-20-41-30-33-50(49)57(42)56(40)41)64(55-37-44(60(4,5)6)36-52(61)58(55)62)47-24-16-23-46(38-47)63(45-21-11-8-12-22-45)53-26-14-13-25-48(53)39-17-9-7-10-18-39/h7-38H,1-6H3. The van der Waals surface area contributed by atoms with E-state index in [1.165, 1.54) is 49.0 Å². The average Bonchev–Trinajstić information content (AvgIpc) is 3.30. The number of benzene rings is 10. The van der Waals surface area contributed by atoms with Crippen molar-refractivity contribution in [3.63, 3.8) is 0 Å². The van der Waals surface area contributed by atoms with Gasteiger partial charge >= 0.3 is 0 Å². The molecule has 0 heterocycles. The molecule has 0 atom stereocenters. The second-order valence-electron chi connectivity index (χ2n) is 18.9. The van der Waals surface area contributed by atoms with Crippen LogP contribution in [0.15, 0.2) is 199 Å². The molecule has 4 heteroatoms. The van der Waals surface area contributed by atoms with Crippen LogP contribution in [0.1, 0.15) is 52.7 Å². The maximum atomic E-state index is 7.59. The van der Waals surface area contributed by atoms with Crippen LogP contribution in [0.4, 0.5) is 34.1 Å². The molecule has 0 bridgehead atoms. The summed E-state index contributed by atoms with van der Waals surface area (Å²) >= 11 is 11.5. The third kappa shape index (κ3) is 7.51. The fourth-order valence-electron chi connectivity index (χ4n) is 9.27. The first-order valence-electron chi connectivity index (χ1n) is 22.1. The van der Waals surface area contributed by atoms with Crippen molar-refractivity contribution < 1.29 is 0 Å². The third-order valence-electron chi connectivity index (χ3n) is 12.6. The Morgan fingerprint density at radius 3 is 1.66 bits per heavy atom. The molecule has 64 heavy (non-hydrogen) atoms. The number of halogens is 2. The molecule has 0 N–H and O–H groups in total. The van der Waals surface area contributed by atoms with E-state index in [0.717, 1.165) is 55.3 Å². The van der Waals surface area contributed by atoms with Crippen molar-refractivity contribution in [1.29, 1.82) is 0 Å². The number of nitrogens with zero attached hydrogens (tertiary/aromatic N) is 2. The van der Waals surface area contributed by atoms with Crippen LogP contribution in [0.2, 0.25) is 5.02 Å². The molecule has 10 aromatic carbocycles. The number of hydrogen-bond donors (Lipinski definition) is 0. The molecule has 0 amide bonds. The van der Waals surface area contributed by atoms with Gasteiger partial charge in [-0.25, -0.2) is 0 Å². The van der Waals surface area contributed by atoms with Gasteiger partial charge in [-0.05, 0) is 142 Å². The van der Waals surface area contributed by atoms with Crippen LogP contribution in [0, 0.1) is 0 Å². The SMILES string of the molecule is CC(C)(C)c1ccc(N(c2cccc(N(c3ccccc3)c3ccccc3-c3ccccc3)c2)c2cc(C(C)(C)C)cc(Br)c2Cl)c(-c2ccc3ccc4cccc5ccc2c3c45)c1. The summed E-state index contributed by atoms with van der Waals surface area (Å²) in [5.41, 5.74) is 12.9. The number of anilines is 6. The van der Waals surface area contributed by atoms with Crippen molar-refractivity contribution in [3.8, 4) is 22.3 Å². The first-order valence-corrected chi connectivity index (χ1v) is 23.2. The van der Waals surface area contributed by atoms with Crippen LogP contribution in [0.25, 0.3) is 54.6 Å². The number of para-hydroxylation sites is 2. The van der Waals surface area contributed by atoms with Crippen LogP contribution < -0.4 is 9.80 Å². The van der Waals surface area contributed by atoms with Gasteiger partial charge in [-0.3, -0.25) is 0 Å². The molecular weight excluding hydrogens is 864 g/mol. The monoisotopic (exact) mass is 912 g/mol. The summed E-state index contributed by atoms with van der Waals surface area (Å²) in [6.45, 7) is 13.7. The second-order valence-corrected chi connectivity index (χ2v) is 20.1. The summed E-state index contributed by atoms with van der Waals surface area (Å²) in [4.78, 5) is 4.76. The summed E-state index contributed by atoms with van der Waals surface area (Å²) < 4.78 is 0.857. The molecule has 0 unspecified atom stereocenters. The second kappa shape index (κ2) is 16.3. The summed E-state index contributed by atoms with van der Waals surface area (Å²) in [7, 11) is 0. The first kappa shape index (κ1) is 41.6. The van der Waals surface area contributed by atoms with E-state index in [0.29, 0.717) is 5.02 Å². The van der Waals surface area contributed by atoms with Crippen LogP contribution >= 0.6 is 27.5 Å². The van der Waals surface area contributed by atoms with E-state index in [1.54, 1.807) is 0 Å². The Bertz CT molecular complexity index is 3310. The molecular formula is C60H50BrClN2. The molecule has 10 aromatic rings. The molecule has 314 valence electrons. The zero-order valence-electron chi connectivity index (χ0n) is 37.1. The zero-order valence-corrected chi connectivity index (χ0v) is 39.5. The predicted octanol–water partition coefficient (Wildman–Crippen LogP) is 18.9. The van der Waals surface area contributed by atoms with Gasteiger partial charge in [0, 0.05) is 32.7 Å². The van der Waals surface area contributed by atoms with Gasteiger partial charge in [0.1, 0.15) is 0 Å². The lowest BCUT2D eigenvalue weighted by atomic mass is 9.83. The Morgan fingerprint density at radius 2 is 0.953 bits per heavy atom. The zero-order chi connectivity index (χ0) is 44.3. The highest BCUT2D eigenvalue weighted by atomic mass is 79.9. The third-order valence-corrected chi connectivity index (χ3v) is 13.9. The average molecular weight is 914 g/mol. The summed E-state index contributed by atoms with van der Waals surface area (Å²) in [5, 5.41) is 8.21. The van der Waals surface area contributed by atoms with Gasteiger partial charge in [0.15, 0.2) is 0 Å². The van der Waals surface area contributed by atoms with E-state index in [2.05, 4.69) is 261 Å². The van der Waals surface area contributed by atoms with Crippen molar-refractivity contribution >= 4 is 94.0 Å². The van der Waals surface area contributed by atoms with E-state index in [-0.39, 0.29) is 10.8 Å². The molecule has 0 aliphatic carbocycles. The Hall–Kier alpha value is -6.39. The van der Waals surface area contributed by atoms with Gasteiger partial charge in [-0.15, -0.1) is 0 Å². The molecule has 0 radical (unpaired) electrons. The molecule has 2 nitrogen and oxygen atoms in total. The van der Waals surface area contributed by atoms with Crippen LogP contribution in [0.3, 0.4) is 0 Å². The number of hydrogen-bond acceptors (Lipinski definition) is 2. The highest BCUT2D eigenvalue weighted by Crippen LogP contribution is 2.51. The van der Waals surface area contributed by atoms with E-state index >= 15 is 0 Å². The van der Waals surface area contributed by atoms with Crippen molar-refractivity contribution in [3.05, 3.63) is 215 Å². The molecule has 0 saturated heterocycles. The van der Waals surface area contributed by atoms with Gasteiger partial charge in [-0.1, -0.05) is 187 Å². The van der Waals surface area contributed by atoms with E-state index in [4.69, 9.17) is 11.6 Å². The van der Waals surface area contributed by atoms with Gasteiger partial charge in [0.25, 0.3) is 0 Å². The Balaban J connectivity index is 1.27. The molecule has 0 fully saturated rings. The Kier molecular flexibility index (Phi) is 10.6. The Morgan fingerprint density at radius 1 is 0.391 bits per heavy atom. The lowest BCUT2D eigenvalue weighted by Crippen LogP contribution is -2.18. The summed E-state index contributed by atoms with van der Waals surface area (Å²) in [5.74, 6) is 0. The van der Waals surface area contributed by atoms with Crippen molar-refractivity contribution in [1.82, 2.24) is 0 Å². The van der Waals surface area contributed by atoms with Gasteiger partial charge in [-0.2, -0.15) is 0 Å². The highest BCUT2D eigenvalue weighted by Gasteiger charge is 2.28. The fourth-order valence-corrected chi connectivity index (χ4v) is 9.91. The first-order chi connectivity index (χ1) is 30.8. The number of rotatable bonds is 8. The van der Waals surface area contributed by atoms with E-state index in [1.807, 2.05) is 0 Å². The van der Waals surface area contributed by atoms with Crippen molar-refractivity contribution in [2.75, 3.05) is 9.80 Å². The van der Waals surface area contributed by atoms with Gasteiger partial charge in [0.2, 0.25) is 0 Å². The predicted molar refractivity (Wildman–Crippen MR) is 280 cm³/mol. The van der Waals surface area contributed by atoms with Gasteiger partial charge < -0.3 is 9.80 Å². The molecule has 10 rings (SSSR count). The van der Waals surface area contributed by atoms with Crippen LogP contribution in [0.5, 0.6) is 0 Å². The lowest BCUT2D eigenvalue weighted by Gasteiger charge is -2.33. The molecule has 0 saturated carbocycles. The fraction of sp³-hybridized carbons (Fsp3) is 0.133.